The lowest BCUT2D eigenvalue weighted by Crippen LogP contribution is -2.42. The molecule has 3 rings (SSSR count). The summed E-state index contributed by atoms with van der Waals surface area (Å²) in [5.41, 5.74) is 0.141. The Labute approximate surface area is 169 Å². The number of amides is 3. The first-order chi connectivity index (χ1) is 13.7. The maximum atomic E-state index is 12.6. The molecule has 0 aliphatic carbocycles. The van der Waals surface area contributed by atoms with Crippen molar-refractivity contribution in [3.8, 4) is 0 Å². The maximum absolute atomic E-state index is 12.6. The van der Waals surface area contributed by atoms with Crippen molar-refractivity contribution in [1.82, 2.24) is 19.8 Å². The highest BCUT2D eigenvalue weighted by Gasteiger charge is 2.30. The number of carbonyl (C=O) groups excluding carboxylic acids is 2. The molecule has 0 bridgehead atoms. The third-order valence-electron chi connectivity index (χ3n) is 4.77. The van der Waals surface area contributed by atoms with E-state index in [2.05, 4.69) is 20.2 Å². The smallest absolute Gasteiger partial charge is 0.338 e. The summed E-state index contributed by atoms with van der Waals surface area (Å²) in [4.78, 5) is 26.7. The second-order valence-corrected chi connectivity index (χ2v) is 7.59. The van der Waals surface area contributed by atoms with Gasteiger partial charge in [0, 0.05) is 25.3 Å². The number of rotatable bonds is 4. The van der Waals surface area contributed by atoms with Gasteiger partial charge in [-0.15, -0.1) is 5.10 Å². The van der Waals surface area contributed by atoms with Gasteiger partial charge < -0.3 is 15.5 Å². The second-order valence-electron chi connectivity index (χ2n) is 6.83. The van der Waals surface area contributed by atoms with E-state index in [0.29, 0.717) is 30.2 Å². The molecule has 11 heteroatoms. The minimum absolute atomic E-state index is 0.0658. The van der Waals surface area contributed by atoms with Gasteiger partial charge in [0.15, 0.2) is 0 Å². The number of nitrogens with one attached hydrogen (secondary N) is 2. The number of likely N-dealkylation sites (tertiary alicyclic amines) is 1. The maximum Gasteiger partial charge on any atom is 0.416 e. The molecule has 7 nitrogen and oxygen atoms in total. The Balaban J connectivity index is 1.41. The lowest BCUT2D eigenvalue weighted by atomic mass is 9.96. The molecule has 1 aromatic heterocycles. The average Bonchev–Trinajstić information content (AvgIpc) is 3.12. The van der Waals surface area contributed by atoms with Crippen LogP contribution in [0.1, 0.15) is 33.8 Å². The minimum atomic E-state index is -4.41. The number of aryl methyl sites for hydroxylation is 1. The summed E-state index contributed by atoms with van der Waals surface area (Å²) < 4.78 is 41.5. The molecule has 2 N–H and O–H groups in total. The van der Waals surface area contributed by atoms with Crippen molar-refractivity contribution in [2.24, 2.45) is 5.92 Å². The third kappa shape index (κ3) is 5.43. The first-order valence-corrected chi connectivity index (χ1v) is 9.81. The van der Waals surface area contributed by atoms with Gasteiger partial charge in [0.25, 0.3) is 5.91 Å². The van der Waals surface area contributed by atoms with Crippen LogP contribution in [0, 0.1) is 12.8 Å². The van der Waals surface area contributed by atoms with Gasteiger partial charge in [-0.1, -0.05) is 4.49 Å². The normalized spacial score (nSPS) is 15.2. The molecule has 3 amide bonds. The van der Waals surface area contributed by atoms with Crippen molar-refractivity contribution in [2.75, 3.05) is 25.0 Å². The van der Waals surface area contributed by atoms with Gasteiger partial charge in [0.1, 0.15) is 4.88 Å². The number of hydrogen-bond donors (Lipinski definition) is 2. The molecular weight excluding hydrogens is 407 g/mol. The predicted molar refractivity (Wildman–Crippen MR) is 102 cm³/mol. The Hall–Kier alpha value is -2.69. The minimum Gasteiger partial charge on any atom is -0.338 e. The van der Waals surface area contributed by atoms with Crippen LogP contribution in [-0.4, -0.2) is 46.1 Å². The SMILES string of the molecule is Cc1nnsc1C(=O)N1CCC(CNC(=O)Nc2ccc(C(F)(F)F)cc2)CC1. The summed E-state index contributed by atoms with van der Waals surface area (Å²) in [6.07, 6.45) is -2.92. The standard InChI is InChI=1S/C18H20F3N5O2S/c1-11-15(29-25-24-11)16(27)26-8-6-12(7-9-26)10-22-17(28)23-14-4-2-13(3-5-14)18(19,20)21/h2-5,12H,6-10H2,1H3,(H2,22,23,28). The molecule has 1 aliphatic rings. The molecule has 0 atom stereocenters. The monoisotopic (exact) mass is 427 g/mol. The zero-order valence-electron chi connectivity index (χ0n) is 15.6. The van der Waals surface area contributed by atoms with Gasteiger partial charge in [-0.25, -0.2) is 4.79 Å². The van der Waals surface area contributed by atoms with E-state index in [-0.39, 0.29) is 17.5 Å². The first-order valence-electron chi connectivity index (χ1n) is 9.04. The average molecular weight is 427 g/mol. The van der Waals surface area contributed by atoms with Gasteiger partial charge >= 0.3 is 12.2 Å². The zero-order chi connectivity index (χ0) is 21.0. The number of nitrogens with zero attached hydrogens (tertiary/aromatic N) is 3. The van der Waals surface area contributed by atoms with E-state index in [4.69, 9.17) is 0 Å². The van der Waals surface area contributed by atoms with Gasteiger partial charge in [-0.2, -0.15) is 13.2 Å². The van der Waals surface area contributed by atoms with Crippen LogP contribution in [-0.2, 0) is 6.18 Å². The van der Waals surface area contributed by atoms with Crippen LogP contribution >= 0.6 is 11.5 Å². The second kappa shape index (κ2) is 8.76. The number of halogens is 3. The Kier molecular flexibility index (Phi) is 6.36. The van der Waals surface area contributed by atoms with Crippen LogP contribution in [0.25, 0.3) is 0 Å². The molecule has 1 aliphatic heterocycles. The fourth-order valence-electron chi connectivity index (χ4n) is 3.07. The molecule has 1 aromatic carbocycles. The first kappa shape index (κ1) is 21.0. The number of hydrogen-bond acceptors (Lipinski definition) is 5. The molecule has 2 aromatic rings. The van der Waals surface area contributed by atoms with Crippen molar-refractivity contribution >= 4 is 29.2 Å². The predicted octanol–water partition coefficient (Wildman–Crippen LogP) is 3.54. The highest BCUT2D eigenvalue weighted by molar-refractivity contribution is 7.07. The van der Waals surface area contributed by atoms with Crippen LogP contribution in [0.2, 0.25) is 0 Å². The van der Waals surface area contributed by atoms with E-state index in [1.165, 1.54) is 12.1 Å². The summed E-state index contributed by atoms with van der Waals surface area (Å²) in [6.45, 7) is 3.35. The lowest BCUT2D eigenvalue weighted by Gasteiger charge is -2.31. The van der Waals surface area contributed by atoms with Crippen LogP contribution in [0.3, 0.4) is 0 Å². The lowest BCUT2D eigenvalue weighted by molar-refractivity contribution is -0.137. The number of alkyl halides is 3. The van der Waals surface area contributed by atoms with Crippen LogP contribution in [0.4, 0.5) is 23.7 Å². The Morgan fingerprint density at radius 2 is 1.86 bits per heavy atom. The number of benzene rings is 1. The van der Waals surface area contributed by atoms with E-state index in [9.17, 15) is 22.8 Å². The van der Waals surface area contributed by atoms with Gasteiger partial charge in [0.05, 0.1) is 11.3 Å². The Bertz CT molecular complexity index is 861. The summed E-state index contributed by atoms with van der Waals surface area (Å²) in [5, 5.41) is 9.11. The summed E-state index contributed by atoms with van der Waals surface area (Å²) in [5.74, 6) is 0.155. The van der Waals surface area contributed by atoms with Crippen LogP contribution < -0.4 is 10.6 Å². The number of urea groups is 1. The molecule has 2 heterocycles. The van der Waals surface area contributed by atoms with E-state index < -0.39 is 17.8 Å². The molecule has 1 saturated heterocycles. The number of aromatic nitrogens is 2. The van der Waals surface area contributed by atoms with Gasteiger partial charge in [-0.3, -0.25) is 4.79 Å². The van der Waals surface area contributed by atoms with Gasteiger partial charge in [0.2, 0.25) is 0 Å². The molecule has 0 spiro atoms. The van der Waals surface area contributed by atoms with E-state index >= 15 is 0 Å². The summed E-state index contributed by atoms with van der Waals surface area (Å²) in [6, 6.07) is 3.78. The Morgan fingerprint density at radius 3 is 2.41 bits per heavy atom. The molecule has 0 unspecified atom stereocenters. The van der Waals surface area contributed by atoms with E-state index in [1.54, 1.807) is 11.8 Å². The quantitative estimate of drug-likeness (QED) is 0.781. The van der Waals surface area contributed by atoms with Crippen LogP contribution in [0.5, 0.6) is 0 Å². The highest BCUT2D eigenvalue weighted by Crippen LogP contribution is 2.29. The Morgan fingerprint density at radius 1 is 1.21 bits per heavy atom. The van der Waals surface area contributed by atoms with Crippen molar-refractivity contribution in [2.45, 2.75) is 25.9 Å². The van der Waals surface area contributed by atoms with Crippen molar-refractivity contribution < 1.29 is 22.8 Å². The van der Waals surface area contributed by atoms with Crippen molar-refractivity contribution in [1.29, 1.82) is 0 Å². The molecule has 156 valence electrons. The number of piperidine rings is 1. The topological polar surface area (TPSA) is 87.2 Å². The van der Waals surface area contributed by atoms with Crippen molar-refractivity contribution in [3.63, 3.8) is 0 Å². The summed E-state index contributed by atoms with van der Waals surface area (Å²) >= 11 is 1.09. The van der Waals surface area contributed by atoms with Gasteiger partial charge in [-0.05, 0) is 61.5 Å². The van der Waals surface area contributed by atoms with E-state index in [1.807, 2.05) is 0 Å². The zero-order valence-corrected chi connectivity index (χ0v) is 16.4. The number of carbonyl (C=O) groups is 2. The largest absolute Gasteiger partial charge is 0.416 e. The molecule has 29 heavy (non-hydrogen) atoms. The molecule has 0 saturated carbocycles. The number of anilines is 1. The summed E-state index contributed by atoms with van der Waals surface area (Å²) in [7, 11) is 0. The fourth-order valence-corrected chi connectivity index (χ4v) is 3.69. The van der Waals surface area contributed by atoms with Crippen molar-refractivity contribution in [3.05, 3.63) is 40.4 Å². The van der Waals surface area contributed by atoms with Crippen LogP contribution in [0.15, 0.2) is 24.3 Å². The fraction of sp³-hybridized carbons (Fsp3) is 0.444. The molecule has 1 fully saturated rings. The molecule has 0 radical (unpaired) electrons. The molecular formula is C18H20F3N5O2S. The third-order valence-corrected chi connectivity index (χ3v) is 5.58. The highest BCUT2D eigenvalue weighted by atomic mass is 32.1. The van der Waals surface area contributed by atoms with E-state index in [0.717, 1.165) is 36.5 Å².